The van der Waals surface area contributed by atoms with Crippen LogP contribution in [0.1, 0.15) is 5.56 Å². The summed E-state index contributed by atoms with van der Waals surface area (Å²) >= 11 is 5.67. The highest BCUT2D eigenvalue weighted by atomic mass is 35.5. The molecule has 5 heteroatoms. The van der Waals surface area contributed by atoms with Gasteiger partial charge < -0.3 is 4.74 Å². The molecule has 0 fully saturated rings. The van der Waals surface area contributed by atoms with Gasteiger partial charge in [-0.05, 0) is 18.2 Å². The molecule has 0 aliphatic heterocycles. The molecule has 0 aliphatic carbocycles. The Morgan fingerprint density at radius 1 is 1.29 bits per heavy atom. The Bertz CT molecular complexity index is 578. The fraction of sp³-hybridized carbons (Fsp3) is 0. The van der Waals surface area contributed by atoms with E-state index < -0.39 is 5.82 Å². The van der Waals surface area contributed by atoms with Crippen LogP contribution in [-0.2, 0) is 0 Å². The molecule has 0 unspecified atom stereocenters. The molecule has 0 atom stereocenters. The lowest BCUT2D eigenvalue weighted by molar-refractivity contribution is 0.458. The normalized spacial score (nSPS) is 9.71. The summed E-state index contributed by atoms with van der Waals surface area (Å²) in [4.78, 5) is 3.90. The van der Waals surface area contributed by atoms with Crippen LogP contribution in [0.5, 0.6) is 11.6 Å². The van der Waals surface area contributed by atoms with Crippen molar-refractivity contribution in [3.05, 3.63) is 52.9 Å². The van der Waals surface area contributed by atoms with E-state index in [9.17, 15) is 4.39 Å². The minimum Gasteiger partial charge on any atom is -0.439 e. The van der Waals surface area contributed by atoms with E-state index in [2.05, 4.69) is 4.98 Å². The molecule has 3 nitrogen and oxygen atoms in total. The van der Waals surface area contributed by atoms with Crippen LogP contribution in [0.4, 0.5) is 4.39 Å². The number of nitriles is 1. The molecule has 84 valence electrons. The Morgan fingerprint density at radius 3 is 2.71 bits per heavy atom. The second-order valence-electron chi connectivity index (χ2n) is 3.17. The number of halogens is 2. The van der Waals surface area contributed by atoms with E-state index in [4.69, 9.17) is 21.6 Å². The smallest absolute Gasteiger partial charge is 0.219 e. The maximum absolute atomic E-state index is 13.3. The minimum atomic E-state index is -0.626. The van der Waals surface area contributed by atoms with Crippen molar-refractivity contribution >= 4 is 11.6 Å². The minimum absolute atomic E-state index is 0.0265. The average molecular weight is 249 g/mol. The number of aromatic nitrogens is 1. The van der Waals surface area contributed by atoms with Crippen molar-refractivity contribution in [3.63, 3.8) is 0 Å². The van der Waals surface area contributed by atoms with Crippen molar-refractivity contribution in [1.29, 1.82) is 5.26 Å². The lowest BCUT2D eigenvalue weighted by atomic mass is 10.2. The SMILES string of the molecule is N#Cc1ccc(Oc2ccc(Cl)cn2)cc1F. The molecule has 0 radical (unpaired) electrons. The highest BCUT2D eigenvalue weighted by Crippen LogP contribution is 2.22. The molecule has 0 bridgehead atoms. The number of hydrogen-bond donors (Lipinski definition) is 0. The first kappa shape index (κ1) is 11.4. The zero-order valence-corrected chi connectivity index (χ0v) is 9.28. The van der Waals surface area contributed by atoms with Crippen molar-refractivity contribution < 1.29 is 9.13 Å². The third-order valence-electron chi connectivity index (χ3n) is 1.98. The molecule has 2 aromatic rings. The van der Waals surface area contributed by atoms with Crippen molar-refractivity contribution in [2.45, 2.75) is 0 Å². The largest absolute Gasteiger partial charge is 0.439 e. The Labute approximate surface area is 102 Å². The van der Waals surface area contributed by atoms with Gasteiger partial charge in [-0.2, -0.15) is 5.26 Å². The fourth-order valence-corrected chi connectivity index (χ4v) is 1.31. The van der Waals surface area contributed by atoms with Crippen LogP contribution >= 0.6 is 11.6 Å². The van der Waals surface area contributed by atoms with Gasteiger partial charge in [-0.3, -0.25) is 0 Å². The zero-order chi connectivity index (χ0) is 12.3. The Kier molecular flexibility index (Phi) is 3.22. The van der Waals surface area contributed by atoms with Gasteiger partial charge in [-0.1, -0.05) is 11.6 Å². The zero-order valence-electron chi connectivity index (χ0n) is 8.52. The summed E-state index contributed by atoms with van der Waals surface area (Å²) < 4.78 is 18.6. The van der Waals surface area contributed by atoms with Crippen molar-refractivity contribution in [1.82, 2.24) is 4.98 Å². The molecule has 0 saturated carbocycles. The van der Waals surface area contributed by atoms with Crippen molar-refractivity contribution in [2.75, 3.05) is 0 Å². The first-order valence-electron chi connectivity index (χ1n) is 4.68. The number of pyridine rings is 1. The predicted octanol–water partition coefficient (Wildman–Crippen LogP) is 3.54. The molecule has 0 N–H and O–H groups in total. The summed E-state index contributed by atoms with van der Waals surface area (Å²) in [7, 11) is 0. The lowest BCUT2D eigenvalue weighted by Gasteiger charge is -2.04. The third-order valence-corrected chi connectivity index (χ3v) is 2.21. The van der Waals surface area contributed by atoms with E-state index >= 15 is 0 Å². The third kappa shape index (κ3) is 2.71. The Hall–Kier alpha value is -2.12. The summed E-state index contributed by atoms with van der Waals surface area (Å²) in [5, 5.41) is 9.06. The molecule has 0 spiro atoms. The fourth-order valence-electron chi connectivity index (χ4n) is 1.19. The highest BCUT2D eigenvalue weighted by Gasteiger charge is 2.04. The van der Waals surface area contributed by atoms with Crippen molar-refractivity contribution in [3.8, 4) is 17.7 Å². The second-order valence-corrected chi connectivity index (χ2v) is 3.61. The van der Waals surface area contributed by atoms with Gasteiger partial charge in [0.05, 0.1) is 10.6 Å². The molecule has 0 saturated heterocycles. The quantitative estimate of drug-likeness (QED) is 0.817. The molecule has 0 aliphatic rings. The molecule has 0 amide bonds. The summed E-state index contributed by atoms with van der Waals surface area (Å²) in [5.74, 6) is -0.0474. The first-order valence-corrected chi connectivity index (χ1v) is 5.06. The first-order chi connectivity index (χ1) is 8.19. The molecular weight excluding hydrogens is 243 g/mol. The van der Waals surface area contributed by atoms with Crippen LogP contribution in [-0.4, -0.2) is 4.98 Å². The van der Waals surface area contributed by atoms with Gasteiger partial charge in [0.25, 0.3) is 0 Å². The van der Waals surface area contributed by atoms with E-state index in [-0.39, 0.29) is 11.3 Å². The topological polar surface area (TPSA) is 45.9 Å². The number of benzene rings is 1. The van der Waals surface area contributed by atoms with Gasteiger partial charge in [0, 0.05) is 18.3 Å². The number of rotatable bonds is 2. The molecular formula is C12H6ClFN2O. The van der Waals surface area contributed by atoms with E-state index in [0.29, 0.717) is 10.9 Å². The van der Waals surface area contributed by atoms with Gasteiger partial charge in [0.15, 0.2) is 0 Å². The van der Waals surface area contributed by atoms with Gasteiger partial charge >= 0.3 is 0 Å². The van der Waals surface area contributed by atoms with E-state index in [1.54, 1.807) is 18.2 Å². The highest BCUT2D eigenvalue weighted by molar-refractivity contribution is 6.30. The maximum atomic E-state index is 13.3. The molecule has 17 heavy (non-hydrogen) atoms. The number of ether oxygens (including phenoxy) is 1. The van der Waals surface area contributed by atoms with Crippen LogP contribution in [0, 0.1) is 17.1 Å². The Balaban J connectivity index is 2.22. The van der Waals surface area contributed by atoms with Gasteiger partial charge in [-0.15, -0.1) is 0 Å². The molecule has 1 aromatic heterocycles. The van der Waals surface area contributed by atoms with Crippen LogP contribution in [0.2, 0.25) is 5.02 Å². The molecule has 1 heterocycles. The summed E-state index contributed by atoms with van der Waals surface area (Å²) in [6, 6.07) is 8.89. The summed E-state index contributed by atoms with van der Waals surface area (Å²) in [6.07, 6.45) is 1.43. The summed E-state index contributed by atoms with van der Waals surface area (Å²) in [5.41, 5.74) is -0.0265. The van der Waals surface area contributed by atoms with Crippen LogP contribution in [0.25, 0.3) is 0 Å². The van der Waals surface area contributed by atoms with E-state index in [1.807, 2.05) is 0 Å². The standard InChI is InChI=1S/C12H6ClFN2O/c13-9-2-4-12(16-7-9)17-10-3-1-8(6-15)11(14)5-10/h1-5,7H. The van der Waals surface area contributed by atoms with Crippen LogP contribution in [0.15, 0.2) is 36.5 Å². The Morgan fingerprint density at radius 2 is 2.12 bits per heavy atom. The second kappa shape index (κ2) is 4.81. The number of nitrogens with zero attached hydrogens (tertiary/aromatic N) is 2. The monoisotopic (exact) mass is 248 g/mol. The van der Waals surface area contributed by atoms with Gasteiger partial charge in [0.1, 0.15) is 17.6 Å². The van der Waals surface area contributed by atoms with E-state index in [1.165, 1.54) is 18.3 Å². The van der Waals surface area contributed by atoms with Gasteiger partial charge in [0.2, 0.25) is 5.88 Å². The summed E-state index contributed by atoms with van der Waals surface area (Å²) in [6.45, 7) is 0. The lowest BCUT2D eigenvalue weighted by Crippen LogP contribution is -1.89. The number of hydrogen-bond acceptors (Lipinski definition) is 3. The van der Waals surface area contributed by atoms with Crippen LogP contribution < -0.4 is 4.74 Å². The van der Waals surface area contributed by atoms with E-state index in [0.717, 1.165) is 6.07 Å². The molecule has 1 aromatic carbocycles. The van der Waals surface area contributed by atoms with Gasteiger partial charge in [-0.25, -0.2) is 9.37 Å². The van der Waals surface area contributed by atoms with Crippen LogP contribution in [0.3, 0.4) is 0 Å². The molecule has 2 rings (SSSR count). The van der Waals surface area contributed by atoms with Crippen molar-refractivity contribution in [2.24, 2.45) is 0 Å². The maximum Gasteiger partial charge on any atom is 0.219 e. The average Bonchev–Trinajstić information content (AvgIpc) is 2.32. The predicted molar refractivity (Wildman–Crippen MR) is 60.4 cm³/mol.